The van der Waals surface area contributed by atoms with Crippen LogP contribution in [0, 0.1) is 6.92 Å². The smallest absolute Gasteiger partial charge is 0.180 e. The Morgan fingerprint density at radius 3 is 1.67 bits per heavy atom. The van der Waals surface area contributed by atoms with Gasteiger partial charge in [0.05, 0.1) is 22.1 Å². The molecule has 0 bridgehead atoms. The van der Waals surface area contributed by atoms with E-state index in [9.17, 15) is 0 Å². The average molecular weight is 797 g/mol. The molecule has 0 saturated carbocycles. The largest absolute Gasteiger partial charge is 0.309 e. The van der Waals surface area contributed by atoms with Gasteiger partial charge in [-0.05, 0) is 111 Å². The number of nitrogens with zero attached hydrogens (tertiary/aromatic N) is 2. The molecule has 0 unspecified atom stereocenters. The van der Waals surface area contributed by atoms with E-state index in [4.69, 9.17) is 0 Å². The summed E-state index contributed by atoms with van der Waals surface area (Å²) in [6, 6.07) is 80.1. The minimum Gasteiger partial charge on any atom is -0.309 e. The van der Waals surface area contributed by atoms with Gasteiger partial charge < -0.3 is 9.13 Å². The minimum atomic E-state index is -2.98. The van der Waals surface area contributed by atoms with E-state index in [1.165, 1.54) is 104 Å². The van der Waals surface area contributed by atoms with Crippen molar-refractivity contribution in [3.63, 3.8) is 0 Å². The molecule has 1 aliphatic carbocycles. The number of para-hydroxylation sites is 2. The van der Waals surface area contributed by atoms with E-state index in [2.05, 4.69) is 242 Å². The van der Waals surface area contributed by atoms with Crippen LogP contribution in [-0.4, -0.2) is 17.2 Å². The molecule has 0 radical (unpaired) electrons. The predicted octanol–water partition coefficient (Wildman–Crippen LogP) is 11.9. The Kier molecular flexibility index (Phi) is 7.85. The van der Waals surface area contributed by atoms with Crippen molar-refractivity contribution in [2.75, 3.05) is 0 Å². The molecule has 290 valence electrons. The Hall–Kier alpha value is -7.20. The highest BCUT2D eigenvalue weighted by atomic mass is 28.3. The van der Waals surface area contributed by atoms with Crippen molar-refractivity contribution in [3.05, 3.63) is 229 Å². The molecular formula is C58H44N2Si. The molecule has 2 nitrogen and oxygen atoms in total. The van der Waals surface area contributed by atoms with Crippen LogP contribution in [0.15, 0.2) is 212 Å². The van der Waals surface area contributed by atoms with Gasteiger partial charge in [-0.2, -0.15) is 0 Å². The lowest BCUT2D eigenvalue weighted by molar-refractivity contribution is 0.661. The van der Waals surface area contributed by atoms with Crippen LogP contribution in [0.25, 0.3) is 66.1 Å². The SMILES string of the molecule is Cc1ccc2c(c1)c1cc3c(cc1n2-c1ccc([Si](c2ccccc2)(c2ccccc2)c2cccc4c2c2ccccc2n4-c2ccccc2)cc1)C(C)(C)c1ccccc1-3. The third-order valence-corrected chi connectivity index (χ3v) is 18.5. The van der Waals surface area contributed by atoms with Gasteiger partial charge in [0.25, 0.3) is 0 Å². The van der Waals surface area contributed by atoms with Gasteiger partial charge in [0.1, 0.15) is 0 Å². The third-order valence-electron chi connectivity index (χ3n) is 13.7. The summed E-state index contributed by atoms with van der Waals surface area (Å²) in [6.45, 7) is 6.97. The second kappa shape index (κ2) is 13.4. The van der Waals surface area contributed by atoms with Crippen LogP contribution < -0.4 is 20.7 Å². The van der Waals surface area contributed by atoms with E-state index >= 15 is 0 Å². The molecule has 3 heteroatoms. The van der Waals surface area contributed by atoms with Crippen molar-refractivity contribution < 1.29 is 0 Å². The van der Waals surface area contributed by atoms with Crippen molar-refractivity contribution in [2.45, 2.75) is 26.2 Å². The van der Waals surface area contributed by atoms with Crippen LogP contribution in [0.2, 0.25) is 0 Å². The first kappa shape index (κ1) is 35.7. The van der Waals surface area contributed by atoms with E-state index < -0.39 is 8.07 Å². The van der Waals surface area contributed by atoms with E-state index in [1.54, 1.807) is 0 Å². The molecule has 0 spiro atoms. The number of rotatable bonds is 6. The number of hydrogen-bond donors (Lipinski definition) is 0. The molecule has 2 aromatic heterocycles. The summed E-state index contributed by atoms with van der Waals surface area (Å²) in [5.41, 5.74) is 13.9. The first-order valence-electron chi connectivity index (χ1n) is 21.4. The Morgan fingerprint density at radius 2 is 0.934 bits per heavy atom. The zero-order valence-corrected chi connectivity index (χ0v) is 35.6. The standard InChI is InChI=1S/C58H44N2Si/c1-39-30-35-53-48(36-39)49-37-47-45-24-13-15-26-50(45)58(2,3)51(47)38-55(49)60(53)41-31-33-44(34-32-41)61(42-20-9-5-10-21-42,43-22-11-6-12-23-43)56-29-17-28-54-57(56)46-25-14-16-27-52(46)59(54)40-18-7-4-8-19-40/h4-38H,1-3H3. The van der Waals surface area contributed by atoms with Gasteiger partial charge in [0.15, 0.2) is 8.07 Å². The summed E-state index contributed by atoms with van der Waals surface area (Å²) in [5.74, 6) is 0. The molecule has 12 rings (SSSR count). The second-order valence-electron chi connectivity index (χ2n) is 17.4. The van der Waals surface area contributed by atoms with Crippen molar-refractivity contribution >= 4 is 72.4 Å². The van der Waals surface area contributed by atoms with E-state index in [0.29, 0.717) is 0 Å². The van der Waals surface area contributed by atoms with Crippen LogP contribution >= 0.6 is 0 Å². The summed E-state index contributed by atoms with van der Waals surface area (Å²) >= 11 is 0. The van der Waals surface area contributed by atoms with Gasteiger partial charge in [0.2, 0.25) is 0 Å². The van der Waals surface area contributed by atoms with Crippen molar-refractivity contribution in [3.8, 4) is 22.5 Å². The second-order valence-corrected chi connectivity index (χ2v) is 21.1. The predicted molar refractivity (Wildman–Crippen MR) is 261 cm³/mol. The Labute approximate surface area is 357 Å². The molecule has 0 N–H and O–H groups in total. The zero-order valence-electron chi connectivity index (χ0n) is 34.6. The number of hydrogen-bond acceptors (Lipinski definition) is 0. The van der Waals surface area contributed by atoms with Gasteiger partial charge in [-0.25, -0.2) is 0 Å². The van der Waals surface area contributed by atoms with E-state index in [-0.39, 0.29) is 5.41 Å². The average Bonchev–Trinajstić information content (AvgIpc) is 3.90. The van der Waals surface area contributed by atoms with Crippen LogP contribution in [0.3, 0.4) is 0 Å². The maximum Gasteiger partial charge on any atom is 0.180 e. The van der Waals surface area contributed by atoms with E-state index in [0.717, 1.165) is 0 Å². The van der Waals surface area contributed by atoms with Gasteiger partial charge >= 0.3 is 0 Å². The van der Waals surface area contributed by atoms with Crippen molar-refractivity contribution in [2.24, 2.45) is 0 Å². The van der Waals surface area contributed by atoms with Crippen LogP contribution in [0.5, 0.6) is 0 Å². The Bertz CT molecular complexity index is 3450. The third kappa shape index (κ3) is 5.08. The fourth-order valence-electron chi connectivity index (χ4n) is 11.0. The molecule has 0 atom stereocenters. The number of benzene rings is 9. The highest BCUT2D eigenvalue weighted by Gasteiger charge is 2.43. The summed E-state index contributed by atoms with van der Waals surface area (Å²) in [5, 5.41) is 10.7. The highest BCUT2D eigenvalue weighted by Crippen LogP contribution is 2.51. The lowest BCUT2D eigenvalue weighted by atomic mass is 9.82. The maximum absolute atomic E-state index is 2.98. The van der Waals surface area contributed by atoms with Gasteiger partial charge in [-0.1, -0.05) is 171 Å². The summed E-state index contributed by atoms with van der Waals surface area (Å²) in [4.78, 5) is 0. The summed E-state index contributed by atoms with van der Waals surface area (Å²) < 4.78 is 4.96. The normalized spacial score (nSPS) is 13.3. The highest BCUT2D eigenvalue weighted by molar-refractivity contribution is 7.20. The molecule has 0 aliphatic heterocycles. The molecule has 61 heavy (non-hydrogen) atoms. The summed E-state index contributed by atoms with van der Waals surface area (Å²) in [6.07, 6.45) is 0. The van der Waals surface area contributed by atoms with Gasteiger partial charge in [-0.15, -0.1) is 0 Å². The van der Waals surface area contributed by atoms with Crippen LogP contribution in [0.4, 0.5) is 0 Å². The van der Waals surface area contributed by atoms with Gasteiger partial charge in [-0.3, -0.25) is 0 Å². The van der Waals surface area contributed by atoms with E-state index in [1.807, 2.05) is 0 Å². The quantitative estimate of drug-likeness (QED) is 0.117. The zero-order chi connectivity index (χ0) is 40.9. The molecule has 0 amide bonds. The summed E-state index contributed by atoms with van der Waals surface area (Å²) in [7, 11) is -2.98. The van der Waals surface area contributed by atoms with Crippen LogP contribution in [0.1, 0.15) is 30.5 Å². The van der Waals surface area contributed by atoms with Gasteiger partial charge in [0, 0.05) is 38.3 Å². The fourth-order valence-corrected chi connectivity index (χ4v) is 16.0. The first-order chi connectivity index (χ1) is 29.9. The molecule has 1 aliphatic rings. The number of aryl methyl sites for hydroxylation is 1. The maximum atomic E-state index is 2.51. The number of aromatic nitrogens is 2. The van der Waals surface area contributed by atoms with Crippen LogP contribution in [-0.2, 0) is 5.41 Å². The lowest BCUT2D eigenvalue weighted by Crippen LogP contribution is -2.74. The topological polar surface area (TPSA) is 9.86 Å². The Balaban J connectivity index is 1.14. The molecular weight excluding hydrogens is 753 g/mol. The molecule has 0 fully saturated rings. The first-order valence-corrected chi connectivity index (χ1v) is 23.4. The minimum absolute atomic E-state index is 0.0948. The Morgan fingerprint density at radius 1 is 0.377 bits per heavy atom. The molecule has 0 saturated heterocycles. The lowest BCUT2D eigenvalue weighted by Gasteiger charge is -2.35. The van der Waals surface area contributed by atoms with Crippen molar-refractivity contribution in [1.82, 2.24) is 9.13 Å². The number of fused-ring (bicyclic) bond motifs is 9. The molecule has 2 heterocycles. The van der Waals surface area contributed by atoms with Crippen molar-refractivity contribution in [1.29, 1.82) is 0 Å². The molecule has 11 aromatic rings. The monoisotopic (exact) mass is 796 g/mol. The fraction of sp³-hybridized carbons (Fsp3) is 0.0690. The molecule has 9 aromatic carbocycles.